The number of anilines is 1. The number of halogens is 1. The van der Waals surface area contributed by atoms with Crippen molar-refractivity contribution in [3.63, 3.8) is 0 Å². The predicted molar refractivity (Wildman–Crippen MR) is 118 cm³/mol. The van der Waals surface area contributed by atoms with Crippen molar-refractivity contribution >= 4 is 17.2 Å². The van der Waals surface area contributed by atoms with E-state index in [0.717, 1.165) is 23.3 Å². The summed E-state index contributed by atoms with van der Waals surface area (Å²) in [5.74, 6) is 0.836. The Hall–Kier alpha value is -3.75. The lowest BCUT2D eigenvalue weighted by molar-refractivity contribution is 0.102. The van der Waals surface area contributed by atoms with Gasteiger partial charge in [0.2, 0.25) is 11.7 Å². The van der Waals surface area contributed by atoms with Crippen LogP contribution in [0.15, 0.2) is 41.2 Å². The lowest BCUT2D eigenvalue weighted by Gasteiger charge is -2.16. The highest BCUT2D eigenvalue weighted by Gasteiger charge is 2.43. The smallest absolute Gasteiger partial charge is 0.274 e. The molecule has 1 fully saturated rings. The summed E-state index contributed by atoms with van der Waals surface area (Å²) in [6.07, 6.45) is 3.68. The van der Waals surface area contributed by atoms with Crippen LogP contribution in [0.1, 0.15) is 53.7 Å². The lowest BCUT2D eigenvalue weighted by atomic mass is 10.0. The molecule has 2 atom stereocenters. The Bertz CT molecular complexity index is 1420. The fraction of sp³-hybridized carbons (Fsp3) is 0.333. The van der Waals surface area contributed by atoms with Crippen molar-refractivity contribution in [1.29, 1.82) is 0 Å². The number of nitrogens with one attached hydrogen (secondary N) is 1. The van der Waals surface area contributed by atoms with Crippen molar-refractivity contribution in [3.05, 3.63) is 59.4 Å². The second-order valence-corrected chi connectivity index (χ2v) is 9.37. The Morgan fingerprint density at radius 1 is 1.30 bits per heavy atom. The summed E-state index contributed by atoms with van der Waals surface area (Å²) in [5, 5.41) is 6.94. The first-order valence-corrected chi connectivity index (χ1v) is 10.9. The number of alkyl halides is 1. The molecule has 2 aliphatic rings. The Morgan fingerprint density at radius 3 is 2.91 bits per heavy atom. The maximum absolute atomic E-state index is 13.3. The molecular weight excluding hydrogens is 425 g/mol. The zero-order valence-electron chi connectivity index (χ0n) is 18.4. The van der Waals surface area contributed by atoms with Crippen molar-refractivity contribution in [2.24, 2.45) is 0 Å². The molecule has 0 bridgehead atoms. The van der Waals surface area contributed by atoms with Crippen LogP contribution in [0.5, 0.6) is 5.75 Å². The minimum atomic E-state index is -0.908. The van der Waals surface area contributed by atoms with E-state index in [2.05, 4.69) is 20.4 Å². The number of aromatic nitrogens is 4. The fourth-order valence-corrected chi connectivity index (χ4v) is 4.24. The quantitative estimate of drug-likeness (QED) is 0.496. The molecule has 1 amide bonds. The van der Waals surface area contributed by atoms with Crippen molar-refractivity contribution in [2.45, 2.75) is 51.3 Å². The molecule has 1 aromatic carbocycles. The van der Waals surface area contributed by atoms with Crippen LogP contribution in [-0.4, -0.2) is 37.2 Å². The first kappa shape index (κ1) is 19.9. The first-order chi connectivity index (χ1) is 15.8. The lowest BCUT2D eigenvalue weighted by Crippen LogP contribution is -2.24. The van der Waals surface area contributed by atoms with Crippen LogP contribution in [0.4, 0.5) is 10.1 Å². The molecule has 3 aromatic heterocycles. The number of benzene rings is 1. The number of aryl methyl sites for hydroxylation is 1. The molecule has 4 heterocycles. The second-order valence-electron chi connectivity index (χ2n) is 9.37. The molecule has 4 aromatic rings. The summed E-state index contributed by atoms with van der Waals surface area (Å²) >= 11 is 0. The van der Waals surface area contributed by atoms with E-state index in [1.165, 1.54) is 0 Å². The minimum absolute atomic E-state index is 0.276. The number of imidazole rings is 1. The third kappa shape index (κ3) is 3.44. The molecule has 1 N–H and O–H groups in total. The van der Waals surface area contributed by atoms with Crippen LogP contribution in [0.2, 0.25) is 0 Å². The molecule has 6 rings (SSSR count). The molecule has 1 saturated carbocycles. The maximum Gasteiger partial charge on any atom is 0.274 e. The van der Waals surface area contributed by atoms with E-state index in [9.17, 15) is 9.18 Å². The van der Waals surface area contributed by atoms with Gasteiger partial charge in [-0.1, -0.05) is 17.3 Å². The summed E-state index contributed by atoms with van der Waals surface area (Å²) in [4.78, 5) is 21.9. The zero-order valence-corrected chi connectivity index (χ0v) is 18.4. The molecule has 0 spiro atoms. The van der Waals surface area contributed by atoms with Crippen LogP contribution in [0, 0.1) is 6.92 Å². The zero-order chi connectivity index (χ0) is 22.9. The van der Waals surface area contributed by atoms with Crippen LogP contribution in [0.25, 0.3) is 17.0 Å². The number of carbonyl (C=O) groups excluding carboxylic acids is 1. The average Bonchev–Trinajstić information content (AvgIpc) is 3.12. The molecule has 1 aliphatic heterocycles. The SMILES string of the molecule is Cc1ccc(-c2noc([C@H]3C[C@@H]3F)n2)cc1NC(=O)c1cnc2cc3c(cn12)OC(C)(C)C3. The normalized spacial score (nSPS) is 20.5. The van der Waals surface area contributed by atoms with E-state index >= 15 is 0 Å². The molecule has 0 saturated heterocycles. The maximum atomic E-state index is 13.3. The average molecular weight is 447 g/mol. The van der Waals surface area contributed by atoms with Gasteiger partial charge < -0.3 is 14.6 Å². The number of ether oxygens (including phenoxy) is 1. The van der Waals surface area contributed by atoms with Crippen molar-refractivity contribution in [3.8, 4) is 17.1 Å². The van der Waals surface area contributed by atoms with Crippen LogP contribution in [0.3, 0.4) is 0 Å². The Morgan fingerprint density at radius 2 is 2.12 bits per heavy atom. The molecule has 0 unspecified atom stereocenters. The number of hydrogen-bond acceptors (Lipinski definition) is 6. The van der Waals surface area contributed by atoms with Gasteiger partial charge in [-0.3, -0.25) is 9.20 Å². The van der Waals surface area contributed by atoms with Gasteiger partial charge in [-0.05, 0) is 44.9 Å². The number of fused-ring (bicyclic) bond motifs is 2. The number of carbonyl (C=O) groups is 1. The number of hydrogen-bond donors (Lipinski definition) is 1. The Kier molecular flexibility index (Phi) is 4.14. The largest absolute Gasteiger partial charge is 0.486 e. The van der Waals surface area contributed by atoms with Gasteiger partial charge in [0.25, 0.3) is 5.91 Å². The number of pyridine rings is 1. The molecule has 8 nitrogen and oxygen atoms in total. The predicted octanol–water partition coefficient (Wildman–Crippen LogP) is 4.48. The monoisotopic (exact) mass is 447 g/mol. The fourth-order valence-electron chi connectivity index (χ4n) is 4.24. The molecular formula is C24H22FN5O3. The summed E-state index contributed by atoms with van der Waals surface area (Å²) in [7, 11) is 0. The molecule has 33 heavy (non-hydrogen) atoms. The van der Waals surface area contributed by atoms with Crippen molar-refractivity contribution in [2.75, 3.05) is 5.32 Å². The molecule has 168 valence electrons. The van der Waals surface area contributed by atoms with Gasteiger partial charge in [-0.15, -0.1) is 0 Å². The Labute approximate surface area is 188 Å². The number of rotatable bonds is 4. The third-order valence-corrected chi connectivity index (χ3v) is 6.14. The van der Waals surface area contributed by atoms with Gasteiger partial charge in [0.05, 0.1) is 18.3 Å². The standard InChI is InChI=1S/C24H22FN5O3/c1-12-4-5-13(21-28-23(33-29-21)15-8-16(15)25)6-17(12)27-22(31)18-10-26-20-7-14-9-24(2,3)32-19(14)11-30(18)20/h4-7,10-11,15-16H,8-9H2,1-3H3,(H,27,31)/t15-,16-/m0/s1. The summed E-state index contributed by atoms with van der Waals surface area (Å²) in [5.41, 5.74) is 4.06. The van der Waals surface area contributed by atoms with E-state index in [0.29, 0.717) is 40.7 Å². The highest BCUT2D eigenvalue weighted by atomic mass is 19.1. The number of amides is 1. The summed E-state index contributed by atoms with van der Waals surface area (Å²) in [6, 6.07) is 7.46. The molecule has 0 radical (unpaired) electrons. The van der Waals surface area contributed by atoms with Crippen LogP contribution in [-0.2, 0) is 6.42 Å². The van der Waals surface area contributed by atoms with Gasteiger partial charge in [0.15, 0.2) is 0 Å². The van der Waals surface area contributed by atoms with Gasteiger partial charge >= 0.3 is 0 Å². The van der Waals surface area contributed by atoms with E-state index < -0.39 is 6.17 Å². The third-order valence-electron chi connectivity index (χ3n) is 6.14. The highest BCUT2D eigenvalue weighted by Crippen LogP contribution is 2.43. The van der Waals surface area contributed by atoms with E-state index in [-0.39, 0.29) is 17.4 Å². The van der Waals surface area contributed by atoms with Crippen molar-refractivity contribution < 1.29 is 18.4 Å². The molecule has 9 heteroatoms. The van der Waals surface area contributed by atoms with Crippen LogP contribution < -0.4 is 10.1 Å². The second kappa shape index (κ2) is 6.87. The molecule has 1 aliphatic carbocycles. The van der Waals surface area contributed by atoms with E-state index in [1.54, 1.807) is 16.7 Å². The van der Waals surface area contributed by atoms with Gasteiger partial charge in [0.1, 0.15) is 28.9 Å². The summed E-state index contributed by atoms with van der Waals surface area (Å²) < 4.78 is 26.3. The first-order valence-electron chi connectivity index (χ1n) is 10.9. The Balaban J connectivity index is 1.28. The van der Waals surface area contributed by atoms with Gasteiger partial charge in [0, 0.05) is 23.2 Å². The van der Waals surface area contributed by atoms with E-state index in [1.807, 2.05) is 45.2 Å². The van der Waals surface area contributed by atoms with Gasteiger partial charge in [-0.2, -0.15) is 4.98 Å². The summed E-state index contributed by atoms with van der Waals surface area (Å²) in [6.45, 7) is 5.97. The van der Waals surface area contributed by atoms with Crippen molar-refractivity contribution in [1.82, 2.24) is 19.5 Å². The topological polar surface area (TPSA) is 94.6 Å². The highest BCUT2D eigenvalue weighted by molar-refractivity contribution is 6.04. The van der Waals surface area contributed by atoms with Gasteiger partial charge in [-0.25, -0.2) is 9.37 Å². The minimum Gasteiger partial charge on any atom is -0.486 e. The number of nitrogens with zero attached hydrogens (tertiary/aromatic N) is 4. The van der Waals surface area contributed by atoms with Crippen LogP contribution >= 0.6 is 0 Å². The van der Waals surface area contributed by atoms with E-state index in [4.69, 9.17) is 9.26 Å².